The lowest BCUT2D eigenvalue weighted by atomic mass is 10.2. The predicted octanol–water partition coefficient (Wildman–Crippen LogP) is -0.374. The van der Waals surface area contributed by atoms with E-state index in [9.17, 15) is 14.4 Å². The molecule has 114 valence electrons. The third kappa shape index (κ3) is 2.81. The lowest BCUT2D eigenvalue weighted by Crippen LogP contribution is -2.36. The second-order valence-corrected chi connectivity index (χ2v) is 4.97. The van der Waals surface area contributed by atoms with Crippen LogP contribution in [0.3, 0.4) is 0 Å². The Morgan fingerprint density at radius 1 is 1.38 bits per heavy atom. The number of aliphatic carboxylic acids is 1. The van der Waals surface area contributed by atoms with E-state index in [1.807, 2.05) is 6.92 Å². The van der Waals surface area contributed by atoms with Gasteiger partial charge in [0.05, 0.1) is 0 Å². The summed E-state index contributed by atoms with van der Waals surface area (Å²) in [4.78, 5) is 41.3. The Balaban J connectivity index is 2.34. The van der Waals surface area contributed by atoms with Crippen molar-refractivity contribution in [1.29, 1.82) is 0 Å². The molecule has 0 spiro atoms. The molecule has 2 rings (SSSR count). The van der Waals surface area contributed by atoms with Crippen molar-refractivity contribution >= 4 is 23.1 Å². The number of nitrogens with zero attached hydrogens (tertiary/aromatic N) is 3. The van der Waals surface area contributed by atoms with Gasteiger partial charge in [-0.05, 0) is 13.3 Å². The maximum Gasteiger partial charge on any atom is 0.332 e. The van der Waals surface area contributed by atoms with Crippen LogP contribution < -0.4 is 16.6 Å². The summed E-state index contributed by atoms with van der Waals surface area (Å²) in [5.74, 6) is -0.536. The normalized spacial score (nSPS) is 12.5. The molecule has 0 bridgehead atoms. The molecule has 0 aliphatic carbocycles. The Bertz CT molecular complexity index is 800. The number of imidazole rings is 1. The van der Waals surface area contributed by atoms with Crippen LogP contribution in [0.4, 0.5) is 5.95 Å². The molecule has 1 atom stereocenters. The van der Waals surface area contributed by atoms with Gasteiger partial charge >= 0.3 is 11.7 Å². The summed E-state index contributed by atoms with van der Waals surface area (Å²) in [5.41, 5.74) is -0.417. The number of rotatable bonds is 5. The molecule has 0 fully saturated rings. The Labute approximate surface area is 119 Å². The highest BCUT2D eigenvalue weighted by molar-refractivity contribution is 5.72. The molecule has 1 unspecified atom stereocenters. The van der Waals surface area contributed by atoms with E-state index in [1.54, 1.807) is 0 Å². The zero-order valence-electron chi connectivity index (χ0n) is 12.0. The minimum absolute atomic E-state index is 0.0364. The molecule has 0 saturated carbocycles. The Hall–Kier alpha value is -2.58. The third-order valence-electron chi connectivity index (χ3n) is 3.27. The molecule has 9 nitrogen and oxygen atoms in total. The first-order valence-electron chi connectivity index (χ1n) is 6.45. The monoisotopic (exact) mass is 295 g/mol. The Kier molecular flexibility index (Phi) is 3.83. The summed E-state index contributed by atoms with van der Waals surface area (Å²) in [6.07, 6.45) is 0.456. The summed E-state index contributed by atoms with van der Waals surface area (Å²) in [5, 5.41) is 11.6. The average Bonchev–Trinajstić information content (AvgIpc) is 2.84. The molecule has 21 heavy (non-hydrogen) atoms. The second-order valence-electron chi connectivity index (χ2n) is 4.97. The van der Waals surface area contributed by atoms with Gasteiger partial charge in [0.15, 0.2) is 11.2 Å². The smallest absolute Gasteiger partial charge is 0.332 e. The maximum absolute atomic E-state index is 12.0. The second kappa shape index (κ2) is 5.43. The van der Waals surface area contributed by atoms with Crippen molar-refractivity contribution in [3.8, 4) is 0 Å². The number of hydrogen-bond acceptors (Lipinski definition) is 5. The van der Waals surface area contributed by atoms with Gasteiger partial charge in [0, 0.05) is 26.6 Å². The van der Waals surface area contributed by atoms with Crippen LogP contribution in [-0.2, 0) is 18.9 Å². The molecule has 0 aromatic carbocycles. The molecule has 0 amide bonds. The lowest BCUT2D eigenvalue weighted by Gasteiger charge is -2.10. The first-order valence-corrected chi connectivity index (χ1v) is 6.45. The minimum atomic E-state index is -0.871. The number of aromatic nitrogens is 4. The van der Waals surface area contributed by atoms with Gasteiger partial charge in [0.25, 0.3) is 5.56 Å². The fraction of sp³-hybridized carbons (Fsp3) is 0.500. The van der Waals surface area contributed by atoms with Crippen molar-refractivity contribution in [2.24, 2.45) is 14.1 Å². The molecule has 3 N–H and O–H groups in total. The van der Waals surface area contributed by atoms with E-state index >= 15 is 0 Å². The lowest BCUT2D eigenvalue weighted by molar-refractivity contribution is -0.137. The van der Waals surface area contributed by atoms with Gasteiger partial charge in [-0.2, -0.15) is 4.98 Å². The molecule has 0 aliphatic rings. The molecule has 0 aliphatic heterocycles. The van der Waals surface area contributed by atoms with Crippen molar-refractivity contribution < 1.29 is 9.90 Å². The van der Waals surface area contributed by atoms with Crippen LogP contribution >= 0.6 is 0 Å². The highest BCUT2D eigenvalue weighted by Gasteiger charge is 2.14. The van der Waals surface area contributed by atoms with Crippen LogP contribution in [0.1, 0.15) is 19.8 Å². The Morgan fingerprint density at radius 3 is 2.67 bits per heavy atom. The number of carboxylic acid groups (broad SMARTS) is 1. The highest BCUT2D eigenvalue weighted by Crippen LogP contribution is 2.11. The highest BCUT2D eigenvalue weighted by atomic mass is 16.4. The number of fused-ring (bicyclic) bond motifs is 1. The van der Waals surface area contributed by atoms with Crippen LogP contribution in [0.15, 0.2) is 9.59 Å². The Morgan fingerprint density at radius 2 is 2.05 bits per heavy atom. The number of aromatic amines is 1. The molecule has 2 heterocycles. The number of nitrogens with one attached hydrogen (secondary N) is 2. The molecule has 0 radical (unpaired) electrons. The average molecular weight is 295 g/mol. The number of aryl methyl sites for hydroxylation is 1. The van der Waals surface area contributed by atoms with Crippen LogP contribution in [-0.4, -0.2) is 36.2 Å². The number of hydrogen-bond donors (Lipinski definition) is 3. The van der Waals surface area contributed by atoms with Crippen LogP contribution in [0.2, 0.25) is 0 Å². The first kappa shape index (κ1) is 14.8. The molecule has 9 heteroatoms. The van der Waals surface area contributed by atoms with Gasteiger partial charge in [-0.1, -0.05) is 0 Å². The summed E-state index contributed by atoms with van der Waals surface area (Å²) in [6.45, 7) is 1.81. The number of anilines is 1. The zero-order chi connectivity index (χ0) is 15.7. The van der Waals surface area contributed by atoms with Crippen LogP contribution in [0, 0.1) is 0 Å². The number of H-pyrrole nitrogens is 1. The molecular weight excluding hydrogens is 278 g/mol. The van der Waals surface area contributed by atoms with E-state index in [0.29, 0.717) is 12.4 Å². The summed E-state index contributed by atoms with van der Waals surface area (Å²) >= 11 is 0. The molecular formula is C12H17N5O4. The summed E-state index contributed by atoms with van der Waals surface area (Å²) in [6, 6.07) is -0.137. The van der Waals surface area contributed by atoms with E-state index in [-0.39, 0.29) is 23.6 Å². The molecule has 2 aromatic heterocycles. The largest absolute Gasteiger partial charge is 0.481 e. The van der Waals surface area contributed by atoms with Gasteiger partial charge in [0.2, 0.25) is 5.95 Å². The van der Waals surface area contributed by atoms with Crippen molar-refractivity contribution in [3.63, 3.8) is 0 Å². The van der Waals surface area contributed by atoms with Gasteiger partial charge in [0.1, 0.15) is 0 Å². The minimum Gasteiger partial charge on any atom is -0.481 e. The predicted molar refractivity (Wildman–Crippen MR) is 76.5 cm³/mol. The van der Waals surface area contributed by atoms with Gasteiger partial charge in [-0.25, -0.2) is 4.79 Å². The fourth-order valence-electron chi connectivity index (χ4n) is 2.04. The maximum atomic E-state index is 12.0. The molecule has 0 saturated heterocycles. The third-order valence-corrected chi connectivity index (χ3v) is 3.27. The number of carboxylic acids is 1. The van der Waals surface area contributed by atoms with E-state index in [0.717, 1.165) is 4.57 Å². The van der Waals surface area contributed by atoms with Crippen molar-refractivity contribution in [1.82, 2.24) is 19.1 Å². The van der Waals surface area contributed by atoms with Crippen molar-refractivity contribution in [2.45, 2.75) is 25.8 Å². The molecule has 2 aromatic rings. The zero-order valence-corrected chi connectivity index (χ0v) is 12.0. The fourth-order valence-corrected chi connectivity index (χ4v) is 2.04. The standard InChI is InChI=1S/C12H17N5O4/c1-6(4-5-7(18)19)13-11-14-8-9(15-11)16(2)12(21)17(3)10(8)20/h6H,4-5H2,1-3H3,(H,18,19)(H2,13,14,15). The van der Waals surface area contributed by atoms with Crippen molar-refractivity contribution in [3.05, 3.63) is 20.8 Å². The SMILES string of the molecule is CC(CCC(=O)O)Nc1nc2c([nH]1)c(=O)n(C)c(=O)n2C. The van der Waals surface area contributed by atoms with E-state index < -0.39 is 17.2 Å². The van der Waals surface area contributed by atoms with Crippen molar-refractivity contribution in [2.75, 3.05) is 5.32 Å². The summed E-state index contributed by atoms with van der Waals surface area (Å²) < 4.78 is 2.28. The van der Waals surface area contributed by atoms with E-state index in [1.165, 1.54) is 18.7 Å². The first-order chi connectivity index (χ1) is 9.81. The van der Waals surface area contributed by atoms with Gasteiger partial charge in [-0.15, -0.1) is 0 Å². The number of carbonyl (C=O) groups is 1. The topological polar surface area (TPSA) is 122 Å². The van der Waals surface area contributed by atoms with Crippen LogP contribution in [0.25, 0.3) is 11.2 Å². The summed E-state index contributed by atoms with van der Waals surface area (Å²) in [7, 11) is 2.93. The van der Waals surface area contributed by atoms with Crippen LogP contribution in [0.5, 0.6) is 0 Å². The quantitative estimate of drug-likeness (QED) is 0.691. The van der Waals surface area contributed by atoms with Gasteiger partial charge in [-0.3, -0.25) is 18.7 Å². The van der Waals surface area contributed by atoms with E-state index in [2.05, 4.69) is 15.3 Å². The van der Waals surface area contributed by atoms with Gasteiger partial charge < -0.3 is 15.4 Å². The van der Waals surface area contributed by atoms with E-state index in [4.69, 9.17) is 5.11 Å².